The van der Waals surface area contributed by atoms with Crippen LogP contribution in [0.25, 0.3) is 0 Å². The second-order valence-electron chi connectivity index (χ2n) is 8.83. The van der Waals surface area contributed by atoms with Gasteiger partial charge in [0.05, 0.1) is 26.4 Å². The van der Waals surface area contributed by atoms with E-state index in [9.17, 15) is 13.5 Å². The van der Waals surface area contributed by atoms with Crippen molar-refractivity contribution in [3.63, 3.8) is 0 Å². The maximum absolute atomic E-state index is 12.5. The molecule has 1 N–H and O–H groups in total. The highest BCUT2D eigenvalue weighted by molar-refractivity contribution is 7.87. The third kappa shape index (κ3) is 9.15. The van der Waals surface area contributed by atoms with Gasteiger partial charge in [-0.2, -0.15) is 8.42 Å². The Labute approximate surface area is 233 Å². The van der Waals surface area contributed by atoms with Crippen molar-refractivity contribution in [3.05, 3.63) is 119 Å². The number of benzene rings is 3. The lowest BCUT2D eigenvalue weighted by Gasteiger charge is -2.31. The van der Waals surface area contributed by atoms with Crippen molar-refractivity contribution in [2.75, 3.05) is 18.4 Å². The molecule has 3 atom stereocenters. The SMILES string of the molecule is O=S(=O)(CCl)O[C@@H](COCc1ccccc1)[C@H](OCc1ccccc1)[C@H](OCc1ccccc1)C1=C(CO)O1. The van der Waals surface area contributed by atoms with Crippen LogP contribution in [0.1, 0.15) is 16.7 Å². The van der Waals surface area contributed by atoms with Gasteiger partial charge >= 0.3 is 0 Å². The van der Waals surface area contributed by atoms with E-state index in [-0.39, 0.29) is 33.0 Å². The van der Waals surface area contributed by atoms with Crippen molar-refractivity contribution in [2.24, 2.45) is 0 Å². The molecular weight excluding hydrogens is 544 g/mol. The standard InChI is InChI=1S/C29H31ClO8S/c30-21-39(32,33)38-26(20-34-17-22-10-4-1-5-11-22)27(35-18-23-12-6-2-7-13-23)29(28-25(16-31)37-28)36-19-24-14-8-3-9-15-24/h1-15,26-27,29,31H,16-21H2/t26-,27-,29-/m0/s1. The molecule has 1 heterocycles. The second kappa shape index (κ2) is 14.6. The third-order valence-electron chi connectivity index (χ3n) is 5.89. The second-order valence-corrected chi connectivity index (χ2v) is 11.0. The van der Waals surface area contributed by atoms with Gasteiger partial charge in [-0.1, -0.05) is 91.0 Å². The summed E-state index contributed by atoms with van der Waals surface area (Å²) in [5.74, 6) is 0.706. The van der Waals surface area contributed by atoms with Crippen molar-refractivity contribution in [2.45, 2.75) is 38.1 Å². The highest BCUT2D eigenvalue weighted by Gasteiger charge is 2.44. The Bertz CT molecular complexity index is 1290. The van der Waals surface area contributed by atoms with Gasteiger partial charge in [0.15, 0.2) is 11.5 Å². The van der Waals surface area contributed by atoms with E-state index in [0.29, 0.717) is 11.5 Å². The molecule has 8 nitrogen and oxygen atoms in total. The van der Waals surface area contributed by atoms with Crippen LogP contribution in [-0.2, 0) is 53.1 Å². The minimum Gasteiger partial charge on any atom is -0.453 e. The molecule has 208 valence electrons. The Morgan fingerprint density at radius 2 is 1.28 bits per heavy atom. The summed E-state index contributed by atoms with van der Waals surface area (Å²) in [5, 5.41) is 8.94. The Balaban J connectivity index is 1.62. The first-order chi connectivity index (χ1) is 19.0. The van der Waals surface area contributed by atoms with Crippen molar-refractivity contribution >= 4 is 21.7 Å². The smallest absolute Gasteiger partial charge is 0.281 e. The monoisotopic (exact) mass is 574 g/mol. The van der Waals surface area contributed by atoms with Gasteiger partial charge in [-0.15, -0.1) is 11.6 Å². The summed E-state index contributed by atoms with van der Waals surface area (Å²) in [6, 6.07) is 28.4. The van der Waals surface area contributed by atoms with E-state index in [0.717, 1.165) is 16.7 Å². The van der Waals surface area contributed by atoms with Crippen LogP contribution in [0.15, 0.2) is 103 Å². The molecule has 39 heavy (non-hydrogen) atoms. The van der Waals surface area contributed by atoms with Gasteiger partial charge in [-0.05, 0) is 16.7 Å². The molecule has 0 bridgehead atoms. The third-order valence-corrected chi connectivity index (χ3v) is 7.50. The molecule has 0 aliphatic carbocycles. The van der Waals surface area contributed by atoms with Gasteiger partial charge < -0.3 is 24.1 Å². The Hall–Kier alpha value is -2.76. The predicted octanol–water partition coefficient (Wildman–Crippen LogP) is 4.52. The molecule has 3 aromatic rings. The number of aliphatic hydroxyl groups is 1. The fourth-order valence-electron chi connectivity index (χ4n) is 3.93. The zero-order valence-corrected chi connectivity index (χ0v) is 22.8. The average molecular weight is 575 g/mol. The van der Waals surface area contributed by atoms with E-state index >= 15 is 0 Å². The van der Waals surface area contributed by atoms with E-state index in [4.69, 9.17) is 34.7 Å². The Kier molecular flexibility index (Phi) is 10.9. The molecule has 0 fully saturated rings. The zero-order valence-electron chi connectivity index (χ0n) is 21.2. The molecule has 0 unspecified atom stereocenters. The largest absolute Gasteiger partial charge is 0.453 e. The van der Waals surface area contributed by atoms with Crippen LogP contribution in [0.5, 0.6) is 0 Å². The van der Waals surface area contributed by atoms with Crippen molar-refractivity contribution in [1.82, 2.24) is 0 Å². The minimum absolute atomic E-state index is 0.137. The quantitative estimate of drug-likeness (QED) is 0.185. The van der Waals surface area contributed by atoms with Gasteiger partial charge in [0.25, 0.3) is 10.1 Å². The van der Waals surface area contributed by atoms with E-state index in [1.165, 1.54) is 0 Å². The molecule has 0 amide bonds. The lowest BCUT2D eigenvalue weighted by atomic mass is 10.1. The zero-order chi connectivity index (χ0) is 27.5. The van der Waals surface area contributed by atoms with Crippen LogP contribution in [0, 0.1) is 0 Å². The Morgan fingerprint density at radius 3 is 1.77 bits per heavy atom. The van der Waals surface area contributed by atoms with E-state index < -0.39 is 33.6 Å². The van der Waals surface area contributed by atoms with Gasteiger partial charge in [0.1, 0.15) is 30.1 Å². The number of halogens is 1. The minimum atomic E-state index is -4.12. The Morgan fingerprint density at radius 1 is 0.769 bits per heavy atom. The molecule has 4 rings (SSSR count). The average Bonchev–Trinajstić information content (AvgIpc) is 3.75. The lowest BCUT2D eigenvalue weighted by molar-refractivity contribution is -0.131. The summed E-state index contributed by atoms with van der Waals surface area (Å²) in [7, 11) is -4.12. The van der Waals surface area contributed by atoms with Crippen LogP contribution < -0.4 is 0 Å². The summed E-state index contributed by atoms with van der Waals surface area (Å²) in [5.41, 5.74) is 2.66. The van der Waals surface area contributed by atoms with Crippen LogP contribution in [0.3, 0.4) is 0 Å². The molecule has 0 spiro atoms. The molecule has 1 aliphatic heterocycles. The van der Waals surface area contributed by atoms with Gasteiger partial charge in [0, 0.05) is 0 Å². The van der Waals surface area contributed by atoms with Crippen LogP contribution in [0.4, 0.5) is 0 Å². The van der Waals surface area contributed by atoms with Crippen molar-refractivity contribution in [1.29, 1.82) is 0 Å². The number of ether oxygens (including phenoxy) is 4. The summed E-state index contributed by atoms with van der Waals surface area (Å²) in [6.45, 7) is 0.0725. The fourth-order valence-corrected chi connectivity index (χ4v) is 4.68. The number of aliphatic hydroxyl groups excluding tert-OH is 1. The van der Waals surface area contributed by atoms with Crippen molar-refractivity contribution < 1.29 is 36.7 Å². The molecule has 0 radical (unpaired) electrons. The summed E-state index contributed by atoms with van der Waals surface area (Å²) in [6.07, 6.45) is -3.03. The highest BCUT2D eigenvalue weighted by Crippen LogP contribution is 2.35. The molecule has 0 aromatic heterocycles. The fraction of sp³-hybridized carbons (Fsp3) is 0.310. The van der Waals surface area contributed by atoms with Crippen LogP contribution in [-0.4, -0.2) is 50.3 Å². The number of hydrogen-bond donors (Lipinski definition) is 1. The van der Waals surface area contributed by atoms with E-state index in [1.807, 2.05) is 91.0 Å². The van der Waals surface area contributed by atoms with Gasteiger partial charge in [0.2, 0.25) is 0 Å². The predicted molar refractivity (Wildman–Crippen MR) is 146 cm³/mol. The van der Waals surface area contributed by atoms with Gasteiger partial charge in [-0.3, -0.25) is 4.18 Å². The first-order valence-corrected chi connectivity index (χ1v) is 14.5. The summed E-state index contributed by atoms with van der Waals surface area (Å²) >= 11 is 5.69. The molecule has 0 saturated heterocycles. The lowest BCUT2D eigenvalue weighted by Crippen LogP contribution is -2.46. The first kappa shape index (κ1) is 29.2. The summed E-state index contributed by atoms with van der Waals surface area (Å²) < 4.78 is 54.6. The molecule has 0 saturated carbocycles. The highest BCUT2D eigenvalue weighted by atomic mass is 35.5. The topological polar surface area (TPSA) is 104 Å². The van der Waals surface area contributed by atoms with Gasteiger partial charge in [-0.25, -0.2) is 0 Å². The maximum Gasteiger partial charge on any atom is 0.281 e. The molecule has 3 aromatic carbocycles. The normalized spacial score (nSPS) is 15.4. The van der Waals surface area contributed by atoms with Crippen molar-refractivity contribution in [3.8, 4) is 0 Å². The number of rotatable bonds is 17. The molecular formula is C29H31ClO8S. The first-order valence-electron chi connectivity index (χ1n) is 12.4. The summed E-state index contributed by atoms with van der Waals surface area (Å²) in [4.78, 5) is 0. The van der Waals surface area contributed by atoms with E-state index in [1.54, 1.807) is 0 Å². The van der Waals surface area contributed by atoms with Crippen LogP contribution in [0.2, 0.25) is 0 Å². The number of hydrogen-bond acceptors (Lipinski definition) is 8. The molecule has 1 aliphatic rings. The molecule has 10 heteroatoms. The maximum atomic E-state index is 12.5. The number of alkyl halides is 1. The van der Waals surface area contributed by atoms with Crippen LogP contribution >= 0.6 is 11.6 Å². The van der Waals surface area contributed by atoms with E-state index in [2.05, 4.69) is 0 Å².